The number of carbonyl (C=O) groups is 1. The zero-order chi connectivity index (χ0) is 15.7. The fraction of sp³-hybridized carbons (Fsp3) is 0.412. The molecule has 1 aromatic carbocycles. The van der Waals surface area contributed by atoms with E-state index in [1.807, 2.05) is 18.0 Å². The van der Waals surface area contributed by atoms with E-state index in [1.54, 1.807) is 25.3 Å². The lowest BCUT2D eigenvalue weighted by Crippen LogP contribution is -2.35. The lowest BCUT2D eigenvalue weighted by molar-refractivity contribution is 0.0774. The Kier molecular flexibility index (Phi) is 3.88. The SMILES string of the molecule is C=CC(C)Oc1cc2c(cc1OC)C(=O)N1CCCC1C=N2. The van der Waals surface area contributed by atoms with Crippen molar-refractivity contribution in [1.82, 2.24) is 4.90 Å². The number of amides is 1. The normalized spacial score (nSPS) is 20.9. The standard InChI is InChI=1S/C17H20N2O3/c1-4-11(2)22-16-9-14-13(8-15(16)21-3)17(20)19-7-5-6-12(19)10-18-14/h4,8-12H,1,5-7H2,2-3H3. The first kappa shape index (κ1) is 14.6. The van der Waals surface area contributed by atoms with Gasteiger partial charge in [0.1, 0.15) is 6.10 Å². The number of aliphatic imine (C=N–C) groups is 1. The van der Waals surface area contributed by atoms with E-state index in [2.05, 4.69) is 11.6 Å². The van der Waals surface area contributed by atoms with Crippen LogP contribution in [0, 0.1) is 0 Å². The summed E-state index contributed by atoms with van der Waals surface area (Å²) in [5.41, 5.74) is 1.20. The molecule has 0 aliphatic carbocycles. The van der Waals surface area contributed by atoms with Crippen molar-refractivity contribution in [2.24, 2.45) is 4.99 Å². The summed E-state index contributed by atoms with van der Waals surface area (Å²) in [5.74, 6) is 1.12. The maximum absolute atomic E-state index is 12.7. The van der Waals surface area contributed by atoms with Crippen LogP contribution < -0.4 is 9.47 Å². The van der Waals surface area contributed by atoms with E-state index in [0.717, 1.165) is 19.4 Å². The maximum atomic E-state index is 12.7. The second-order valence-electron chi connectivity index (χ2n) is 5.57. The Hall–Kier alpha value is -2.30. The molecule has 5 nitrogen and oxygen atoms in total. The molecule has 2 unspecified atom stereocenters. The van der Waals surface area contributed by atoms with Crippen LogP contribution in [0.15, 0.2) is 29.8 Å². The van der Waals surface area contributed by atoms with Crippen molar-refractivity contribution in [2.75, 3.05) is 13.7 Å². The molecule has 0 radical (unpaired) electrons. The third kappa shape index (κ3) is 2.47. The molecule has 0 bridgehead atoms. The summed E-state index contributed by atoms with van der Waals surface area (Å²) >= 11 is 0. The number of rotatable bonds is 4. The Morgan fingerprint density at radius 1 is 1.45 bits per heavy atom. The van der Waals surface area contributed by atoms with Gasteiger partial charge in [0, 0.05) is 18.8 Å². The monoisotopic (exact) mass is 300 g/mol. The second-order valence-corrected chi connectivity index (χ2v) is 5.57. The third-order valence-electron chi connectivity index (χ3n) is 4.10. The van der Waals surface area contributed by atoms with Gasteiger partial charge >= 0.3 is 0 Å². The van der Waals surface area contributed by atoms with Crippen LogP contribution in [0.2, 0.25) is 0 Å². The quantitative estimate of drug-likeness (QED) is 0.803. The van der Waals surface area contributed by atoms with Crippen molar-refractivity contribution in [3.05, 3.63) is 30.4 Å². The molecule has 0 N–H and O–H groups in total. The van der Waals surface area contributed by atoms with Crippen LogP contribution in [0.4, 0.5) is 5.69 Å². The number of hydrogen-bond acceptors (Lipinski definition) is 4. The predicted octanol–water partition coefficient (Wildman–Crippen LogP) is 2.97. The highest BCUT2D eigenvalue weighted by Crippen LogP contribution is 2.38. The van der Waals surface area contributed by atoms with Crippen LogP contribution in [0.5, 0.6) is 11.5 Å². The molecule has 1 amide bonds. The molecule has 2 aliphatic heterocycles. The van der Waals surface area contributed by atoms with Crippen LogP contribution in [0.25, 0.3) is 0 Å². The van der Waals surface area contributed by atoms with E-state index < -0.39 is 0 Å². The lowest BCUT2D eigenvalue weighted by atomic mass is 10.1. The summed E-state index contributed by atoms with van der Waals surface area (Å²) in [6.07, 6.45) is 5.41. The number of nitrogens with zero attached hydrogens (tertiary/aromatic N) is 2. The van der Waals surface area contributed by atoms with E-state index in [0.29, 0.717) is 22.7 Å². The Morgan fingerprint density at radius 3 is 3.00 bits per heavy atom. The fourth-order valence-electron chi connectivity index (χ4n) is 2.85. The number of fused-ring (bicyclic) bond motifs is 2. The first-order valence-electron chi connectivity index (χ1n) is 7.50. The number of carbonyl (C=O) groups excluding carboxylic acids is 1. The van der Waals surface area contributed by atoms with Crippen LogP contribution >= 0.6 is 0 Å². The van der Waals surface area contributed by atoms with Crippen molar-refractivity contribution < 1.29 is 14.3 Å². The highest BCUT2D eigenvalue weighted by atomic mass is 16.5. The van der Waals surface area contributed by atoms with Gasteiger partial charge in [-0.15, -0.1) is 0 Å². The highest BCUT2D eigenvalue weighted by molar-refractivity contribution is 6.03. The first-order chi connectivity index (χ1) is 10.6. The zero-order valence-corrected chi connectivity index (χ0v) is 12.9. The average molecular weight is 300 g/mol. The predicted molar refractivity (Wildman–Crippen MR) is 85.5 cm³/mol. The summed E-state index contributed by atoms with van der Waals surface area (Å²) in [5, 5.41) is 0. The molecular formula is C17H20N2O3. The topological polar surface area (TPSA) is 51.1 Å². The second kappa shape index (κ2) is 5.83. The molecule has 1 fully saturated rings. The largest absolute Gasteiger partial charge is 0.493 e. The van der Waals surface area contributed by atoms with Gasteiger partial charge in [0.25, 0.3) is 5.91 Å². The Bertz CT molecular complexity index is 639. The zero-order valence-electron chi connectivity index (χ0n) is 12.9. The molecule has 0 saturated carbocycles. The first-order valence-corrected chi connectivity index (χ1v) is 7.50. The van der Waals surface area contributed by atoms with Gasteiger partial charge in [-0.05, 0) is 25.8 Å². The van der Waals surface area contributed by atoms with Crippen LogP contribution in [-0.2, 0) is 0 Å². The van der Waals surface area contributed by atoms with Crippen LogP contribution in [0.3, 0.4) is 0 Å². The fourth-order valence-corrected chi connectivity index (χ4v) is 2.85. The van der Waals surface area contributed by atoms with E-state index in [-0.39, 0.29) is 18.1 Å². The molecule has 2 aliphatic rings. The minimum atomic E-state index is -0.152. The minimum Gasteiger partial charge on any atom is -0.493 e. The number of benzene rings is 1. The minimum absolute atomic E-state index is 0.0108. The van der Waals surface area contributed by atoms with E-state index >= 15 is 0 Å². The lowest BCUT2D eigenvalue weighted by Gasteiger charge is -2.20. The summed E-state index contributed by atoms with van der Waals surface area (Å²) < 4.78 is 11.2. The molecular weight excluding hydrogens is 280 g/mol. The number of ether oxygens (including phenoxy) is 2. The van der Waals surface area contributed by atoms with Gasteiger partial charge in [-0.3, -0.25) is 9.79 Å². The molecule has 22 heavy (non-hydrogen) atoms. The van der Waals surface area contributed by atoms with Crippen molar-refractivity contribution >= 4 is 17.8 Å². The molecule has 116 valence electrons. The molecule has 2 atom stereocenters. The van der Waals surface area contributed by atoms with Crippen molar-refractivity contribution in [3.8, 4) is 11.5 Å². The van der Waals surface area contributed by atoms with E-state index in [9.17, 15) is 4.79 Å². The van der Waals surface area contributed by atoms with Gasteiger partial charge in [0.05, 0.1) is 24.4 Å². The summed E-state index contributed by atoms with van der Waals surface area (Å²) in [6, 6.07) is 3.59. The van der Waals surface area contributed by atoms with Gasteiger partial charge in [0.15, 0.2) is 11.5 Å². The van der Waals surface area contributed by atoms with Crippen molar-refractivity contribution in [2.45, 2.75) is 31.9 Å². The Morgan fingerprint density at radius 2 is 2.27 bits per heavy atom. The molecule has 1 aromatic rings. The molecule has 0 spiro atoms. The van der Waals surface area contributed by atoms with Gasteiger partial charge < -0.3 is 14.4 Å². The summed E-state index contributed by atoms with van der Waals surface area (Å²) in [6.45, 7) is 6.38. The average Bonchev–Trinajstić information content (AvgIpc) is 2.96. The number of methoxy groups -OCH3 is 1. The smallest absolute Gasteiger partial charge is 0.256 e. The van der Waals surface area contributed by atoms with Crippen LogP contribution in [0.1, 0.15) is 30.1 Å². The highest BCUT2D eigenvalue weighted by Gasteiger charge is 2.32. The van der Waals surface area contributed by atoms with Crippen molar-refractivity contribution in [1.29, 1.82) is 0 Å². The molecule has 1 saturated heterocycles. The summed E-state index contributed by atoms with van der Waals surface area (Å²) in [7, 11) is 1.57. The van der Waals surface area contributed by atoms with Gasteiger partial charge in [0.2, 0.25) is 0 Å². The molecule has 2 heterocycles. The Labute approximate surface area is 130 Å². The maximum Gasteiger partial charge on any atom is 0.256 e. The van der Waals surface area contributed by atoms with Crippen molar-refractivity contribution in [3.63, 3.8) is 0 Å². The number of hydrogen-bond donors (Lipinski definition) is 0. The van der Waals surface area contributed by atoms with Gasteiger partial charge in [-0.25, -0.2) is 0 Å². The molecule has 0 aromatic heterocycles. The van der Waals surface area contributed by atoms with Gasteiger partial charge in [-0.1, -0.05) is 12.7 Å². The molecule has 3 rings (SSSR count). The Balaban J connectivity index is 2.04. The van der Waals surface area contributed by atoms with E-state index in [4.69, 9.17) is 9.47 Å². The van der Waals surface area contributed by atoms with Gasteiger partial charge in [-0.2, -0.15) is 0 Å². The van der Waals surface area contributed by atoms with Crippen LogP contribution in [-0.4, -0.2) is 42.8 Å². The van der Waals surface area contributed by atoms with E-state index in [1.165, 1.54) is 0 Å². The molecule has 5 heteroatoms. The summed E-state index contributed by atoms with van der Waals surface area (Å²) in [4.78, 5) is 19.1. The third-order valence-corrected chi connectivity index (χ3v) is 4.10.